The summed E-state index contributed by atoms with van der Waals surface area (Å²) in [4.78, 5) is 36.3. The SMILES string of the molecule is Cn1cc(C(=O)C[C@@H]2CCCN2C(=O)c2ccc([N+](=O)[O-])o2)cn1. The first kappa shape index (κ1) is 15.9. The Hall–Kier alpha value is -2.97. The van der Waals surface area contributed by atoms with Crippen molar-refractivity contribution in [3.8, 4) is 0 Å². The fraction of sp³-hybridized carbons (Fsp3) is 0.400. The lowest BCUT2D eigenvalue weighted by molar-refractivity contribution is -0.402. The van der Waals surface area contributed by atoms with E-state index in [2.05, 4.69) is 5.10 Å². The third kappa shape index (κ3) is 3.05. The molecule has 0 aliphatic carbocycles. The van der Waals surface area contributed by atoms with E-state index in [4.69, 9.17) is 4.42 Å². The summed E-state index contributed by atoms with van der Waals surface area (Å²) in [5.41, 5.74) is 0.505. The van der Waals surface area contributed by atoms with Gasteiger partial charge in [0.1, 0.15) is 4.92 Å². The van der Waals surface area contributed by atoms with Crippen LogP contribution in [-0.2, 0) is 7.05 Å². The zero-order valence-corrected chi connectivity index (χ0v) is 13.0. The van der Waals surface area contributed by atoms with Crippen molar-refractivity contribution in [2.75, 3.05) is 6.54 Å². The Labute approximate surface area is 137 Å². The van der Waals surface area contributed by atoms with Crippen molar-refractivity contribution in [3.05, 3.63) is 46.0 Å². The van der Waals surface area contributed by atoms with Crippen LogP contribution in [0.1, 0.15) is 40.2 Å². The van der Waals surface area contributed by atoms with Crippen LogP contribution in [-0.4, -0.2) is 43.9 Å². The van der Waals surface area contributed by atoms with Gasteiger partial charge in [-0.25, -0.2) is 0 Å². The molecule has 0 saturated carbocycles. The molecule has 3 heterocycles. The van der Waals surface area contributed by atoms with Gasteiger partial charge in [0.2, 0.25) is 0 Å². The Kier molecular flexibility index (Phi) is 4.15. The highest BCUT2D eigenvalue weighted by Gasteiger charge is 2.33. The lowest BCUT2D eigenvalue weighted by Crippen LogP contribution is -2.36. The lowest BCUT2D eigenvalue weighted by Gasteiger charge is -2.23. The fourth-order valence-electron chi connectivity index (χ4n) is 2.89. The average Bonchev–Trinajstić information content (AvgIpc) is 3.26. The number of ketones is 1. The molecule has 0 radical (unpaired) electrons. The van der Waals surface area contributed by atoms with E-state index in [1.54, 1.807) is 22.8 Å². The highest BCUT2D eigenvalue weighted by atomic mass is 16.6. The second-order valence-corrected chi connectivity index (χ2v) is 5.72. The number of aryl methyl sites for hydroxylation is 1. The Morgan fingerprint density at radius 1 is 1.46 bits per heavy atom. The number of hydrogen-bond donors (Lipinski definition) is 0. The van der Waals surface area contributed by atoms with Crippen molar-refractivity contribution in [3.63, 3.8) is 0 Å². The fourth-order valence-corrected chi connectivity index (χ4v) is 2.89. The Bertz CT molecular complexity index is 793. The van der Waals surface area contributed by atoms with Crippen LogP contribution in [0.3, 0.4) is 0 Å². The molecule has 9 nitrogen and oxygen atoms in total. The number of nitro groups is 1. The minimum absolute atomic E-state index is 0.0811. The van der Waals surface area contributed by atoms with Gasteiger partial charge in [-0.2, -0.15) is 5.10 Å². The van der Waals surface area contributed by atoms with E-state index in [0.717, 1.165) is 12.5 Å². The highest BCUT2D eigenvalue weighted by molar-refractivity contribution is 5.97. The number of nitrogens with zero attached hydrogens (tertiary/aromatic N) is 4. The summed E-state index contributed by atoms with van der Waals surface area (Å²) in [6.07, 6.45) is 4.82. The quantitative estimate of drug-likeness (QED) is 0.469. The molecule has 126 valence electrons. The predicted molar refractivity (Wildman–Crippen MR) is 81.6 cm³/mol. The third-order valence-corrected chi connectivity index (χ3v) is 4.07. The largest absolute Gasteiger partial charge is 0.433 e. The minimum Gasteiger partial charge on any atom is -0.395 e. The van der Waals surface area contributed by atoms with Crippen LogP contribution in [0, 0.1) is 10.1 Å². The Morgan fingerprint density at radius 3 is 2.88 bits per heavy atom. The molecule has 0 N–H and O–H groups in total. The van der Waals surface area contributed by atoms with Gasteiger partial charge in [0.25, 0.3) is 5.91 Å². The molecule has 1 saturated heterocycles. The van der Waals surface area contributed by atoms with Gasteiger partial charge in [0.05, 0.1) is 17.8 Å². The number of amides is 1. The first-order valence-electron chi connectivity index (χ1n) is 7.52. The van der Waals surface area contributed by atoms with Crippen LogP contribution in [0.5, 0.6) is 0 Å². The zero-order chi connectivity index (χ0) is 17.3. The van der Waals surface area contributed by atoms with Crippen molar-refractivity contribution in [1.82, 2.24) is 14.7 Å². The number of carbonyl (C=O) groups excluding carboxylic acids is 2. The minimum atomic E-state index is -0.690. The van der Waals surface area contributed by atoms with Crippen LogP contribution in [0.2, 0.25) is 0 Å². The van der Waals surface area contributed by atoms with E-state index < -0.39 is 16.7 Å². The second kappa shape index (κ2) is 6.26. The molecule has 0 aromatic carbocycles. The molecule has 1 amide bonds. The maximum Gasteiger partial charge on any atom is 0.433 e. The molecule has 1 fully saturated rings. The molecule has 2 aromatic heterocycles. The van der Waals surface area contributed by atoms with Crippen LogP contribution in [0.4, 0.5) is 5.88 Å². The molecule has 1 aliphatic heterocycles. The summed E-state index contributed by atoms with van der Waals surface area (Å²) >= 11 is 0. The summed E-state index contributed by atoms with van der Waals surface area (Å²) in [6, 6.07) is 2.20. The molecule has 24 heavy (non-hydrogen) atoms. The first-order chi connectivity index (χ1) is 11.5. The molecule has 0 unspecified atom stereocenters. The zero-order valence-electron chi connectivity index (χ0n) is 13.0. The van der Waals surface area contributed by atoms with Crippen molar-refractivity contribution in [1.29, 1.82) is 0 Å². The summed E-state index contributed by atoms with van der Waals surface area (Å²) < 4.78 is 6.52. The number of hydrogen-bond acceptors (Lipinski definition) is 6. The normalized spacial score (nSPS) is 17.2. The van der Waals surface area contributed by atoms with Gasteiger partial charge in [-0.15, -0.1) is 0 Å². The summed E-state index contributed by atoms with van der Waals surface area (Å²) in [5, 5.41) is 14.6. The van der Waals surface area contributed by atoms with E-state index in [0.29, 0.717) is 18.5 Å². The molecule has 9 heteroatoms. The van der Waals surface area contributed by atoms with Crippen molar-refractivity contribution in [2.45, 2.75) is 25.3 Å². The van der Waals surface area contributed by atoms with Crippen LogP contribution >= 0.6 is 0 Å². The highest BCUT2D eigenvalue weighted by Crippen LogP contribution is 2.25. The van der Waals surface area contributed by atoms with Gasteiger partial charge in [0.15, 0.2) is 11.5 Å². The monoisotopic (exact) mass is 332 g/mol. The van der Waals surface area contributed by atoms with E-state index in [9.17, 15) is 19.7 Å². The van der Waals surface area contributed by atoms with E-state index in [1.807, 2.05) is 0 Å². The molecular weight excluding hydrogens is 316 g/mol. The smallest absolute Gasteiger partial charge is 0.395 e. The third-order valence-electron chi connectivity index (χ3n) is 4.07. The van der Waals surface area contributed by atoms with Crippen molar-refractivity contribution in [2.24, 2.45) is 7.05 Å². The Morgan fingerprint density at radius 2 is 2.25 bits per heavy atom. The maximum absolute atomic E-state index is 12.5. The van der Waals surface area contributed by atoms with Crippen LogP contribution < -0.4 is 0 Å². The molecule has 0 spiro atoms. The van der Waals surface area contributed by atoms with Crippen LogP contribution in [0.15, 0.2) is 28.9 Å². The van der Waals surface area contributed by atoms with Crippen LogP contribution in [0.25, 0.3) is 0 Å². The van der Waals surface area contributed by atoms with Gasteiger partial charge >= 0.3 is 5.88 Å². The molecule has 1 aliphatic rings. The topological polar surface area (TPSA) is 111 Å². The number of furan rings is 1. The predicted octanol–water partition coefficient (Wildman–Crippen LogP) is 1.80. The first-order valence-corrected chi connectivity index (χ1v) is 7.52. The molecule has 0 bridgehead atoms. The van der Waals surface area contributed by atoms with Crippen molar-refractivity contribution < 1.29 is 18.9 Å². The Balaban J connectivity index is 1.71. The number of aromatic nitrogens is 2. The van der Waals surface area contributed by atoms with Gasteiger partial charge in [-0.05, 0) is 18.9 Å². The number of likely N-dealkylation sites (tertiary alicyclic amines) is 1. The van der Waals surface area contributed by atoms with Gasteiger partial charge in [-0.1, -0.05) is 0 Å². The van der Waals surface area contributed by atoms with Gasteiger partial charge < -0.3 is 9.32 Å². The summed E-state index contributed by atoms with van der Waals surface area (Å²) in [5.74, 6) is -1.06. The molecule has 2 aromatic rings. The van der Waals surface area contributed by atoms with Gasteiger partial charge in [-0.3, -0.25) is 24.4 Å². The molecular formula is C15H16N4O5. The number of carbonyl (C=O) groups is 2. The number of rotatable bonds is 5. The molecule has 1 atom stereocenters. The van der Waals surface area contributed by atoms with Crippen molar-refractivity contribution >= 4 is 17.6 Å². The second-order valence-electron chi connectivity index (χ2n) is 5.72. The number of Topliss-reactive ketones (excluding diaryl/α,β-unsaturated/α-hetero) is 1. The standard InChI is InChI=1S/C15H16N4O5/c1-17-9-10(8-16-17)12(20)7-11-3-2-6-18(11)15(21)13-4-5-14(24-13)19(22)23/h4-5,8-9,11H,2-3,6-7H2,1H3/t11-/m0/s1. The summed E-state index contributed by atoms with van der Waals surface area (Å²) in [7, 11) is 1.73. The lowest BCUT2D eigenvalue weighted by atomic mass is 10.0. The molecule has 3 rings (SSSR count). The van der Waals surface area contributed by atoms with Gasteiger partial charge in [0, 0.05) is 32.3 Å². The summed E-state index contributed by atoms with van der Waals surface area (Å²) in [6.45, 7) is 0.498. The van der Waals surface area contributed by atoms with E-state index >= 15 is 0 Å². The van der Waals surface area contributed by atoms with E-state index in [-0.39, 0.29) is 24.0 Å². The average molecular weight is 332 g/mol. The maximum atomic E-state index is 12.5. The van der Waals surface area contributed by atoms with E-state index in [1.165, 1.54) is 12.3 Å².